The van der Waals surface area contributed by atoms with Crippen molar-refractivity contribution < 1.29 is 13.2 Å². The van der Waals surface area contributed by atoms with E-state index in [9.17, 15) is 13.2 Å². The van der Waals surface area contributed by atoms with Crippen molar-refractivity contribution in [2.75, 3.05) is 39.8 Å². The first-order valence-corrected chi connectivity index (χ1v) is 10.7. The molecule has 6 nitrogen and oxygen atoms in total. The Morgan fingerprint density at radius 3 is 2.30 bits per heavy atom. The molecule has 0 radical (unpaired) electrons. The van der Waals surface area contributed by atoms with E-state index in [-0.39, 0.29) is 11.9 Å². The van der Waals surface area contributed by atoms with Gasteiger partial charge in [0.2, 0.25) is 15.9 Å². The second-order valence-corrected chi connectivity index (χ2v) is 9.23. The molecule has 0 aliphatic carbocycles. The maximum absolute atomic E-state index is 13.0. The van der Waals surface area contributed by atoms with Crippen molar-refractivity contribution in [1.29, 1.82) is 0 Å². The number of hydrogen-bond donors (Lipinski definition) is 0. The van der Waals surface area contributed by atoms with Gasteiger partial charge < -0.3 is 4.90 Å². The molecule has 2 aromatic rings. The number of fused-ring (bicyclic) bond motifs is 1. The van der Waals surface area contributed by atoms with Crippen LogP contribution in [-0.4, -0.2) is 74.2 Å². The maximum Gasteiger partial charge on any atom is 0.243 e. The topological polar surface area (TPSA) is 60.9 Å². The Hall–Kier alpha value is -1.96. The third-order valence-electron chi connectivity index (χ3n) is 5.22. The molecule has 0 unspecified atom stereocenters. The largest absolute Gasteiger partial charge is 0.342 e. The smallest absolute Gasteiger partial charge is 0.243 e. The molecule has 0 N–H and O–H groups in total. The molecule has 3 rings (SSSR count). The van der Waals surface area contributed by atoms with Gasteiger partial charge in [-0.15, -0.1) is 0 Å². The third-order valence-corrected chi connectivity index (χ3v) is 7.11. The van der Waals surface area contributed by atoms with E-state index < -0.39 is 10.0 Å². The van der Waals surface area contributed by atoms with Gasteiger partial charge in [0.25, 0.3) is 0 Å². The Labute approximate surface area is 161 Å². The second-order valence-electron chi connectivity index (χ2n) is 7.29. The van der Waals surface area contributed by atoms with Crippen LogP contribution in [0.15, 0.2) is 47.4 Å². The van der Waals surface area contributed by atoms with Crippen molar-refractivity contribution in [2.45, 2.75) is 24.8 Å². The Morgan fingerprint density at radius 2 is 1.67 bits per heavy atom. The van der Waals surface area contributed by atoms with Crippen LogP contribution in [0.2, 0.25) is 0 Å². The maximum atomic E-state index is 13.0. The number of carbonyl (C=O) groups is 1. The second kappa shape index (κ2) is 7.96. The lowest BCUT2D eigenvalue weighted by molar-refractivity contribution is -0.132. The zero-order valence-electron chi connectivity index (χ0n) is 16.1. The van der Waals surface area contributed by atoms with Gasteiger partial charge in [-0.2, -0.15) is 4.31 Å². The van der Waals surface area contributed by atoms with Crippen LogP contribution in [0, 0.1) is 0 Å². The highest BCUT2D eigenvalue weighted by molar-refractivity contribution is 7.89. The molecule has 0 bridgehead atoms. The first-order chi connectivity index (χ1) is 12.8. The van der Waals surface area contributed by atoms with Crippen molar-refractivity contribution in [2.24, 2.45) is 0 Å². The average Bonchev–Trinajstić information content (AvgIpc) is 2.67. The van der Waals surface area contributed by atoms with Gasteiger partial charge in [0.15, 0.2) is 0 Å². The number of benzene rings is 2. The van der Waals surface area contributed by atoms with Gasteiger partial charge in [0, 0.05) is 39.3 Å². The normalized spacial score (nSPS) is 16.7. The molecule has 0 spiro atoms. The van der Waals surface area contributed by atoms with Crippen molar-refractivity contribution in [3.05, 3.63) is 42.5 Å². The summed E-state index contributed by atoms with van der Waals surface area (Å²) in [7, 11) is -1.72. The van der Waals surface area contributed by atoms with Crippen molar-refractivity contribution in [1.82, 2.24) is 14.1 Å². The van der Waals surface area contributed by atoms with Gasteiger partial charge in [-0.05, 0) is 36.8 Å². The first kappa shape index (κ1) is 19.8. The summed E-state index contributed by atoms with van der Waals surface area (Å²) in [5, 5.41) is 1.94. The van der Waals surface area contributed by atoms with Crippen LogP contribution in [0.5, 0.6) is 0 Å². The van der Waals surface area contributed by atoms with E-state index in [0.29, 0.717) is 37.6 Å². The van der Waals surface area contributed by atoms with Gasteiger partial charge >= 0.3 is 0 Å². The van der Waals surface area contributed by atoms with Crippen LogP contribution < -0.4 is 0 Å². The van der Waals surface area contributed by atoms with Crippen molar-refractivity contribution in [3.8, 4) is 0 Å². The number of piperazine rings is 1. The zero-order valence-corrected chi connectivity index (χ0v) is 16.9. The molecule has 0 aromatic heterocycles. The molecular weight excluding hydrogens is 362 g/mol. The predicted molar refractivity (Wildman–Crippen MR) is 107 cm³/mol. The van der Waals surface area contributed by atoms with E-state index in [0.717, 1.165) is 10.8 Å². The minimum Gasteiger partial charge on any atom is -0.342 e. The number of rotatable bonds is 5. The van der Waals surface area contributed by atoms with Crippen LogP contribution in [0.3, 0.4) is 0 Å². The Kier molecular flexibility index (Phi) is 5.83. The zero-order chi connectivity index (χ0) is 19.6. The number of amides is 1. The SMILES string of the molecule is CC(C)N(C)C(=O)CN1CCN(S(=O)(=O)c2ccc3ccccc3c2)CC1. The summed E-state index contributed by atoms with van der Waals surface area (Å²) in [4.78, 5) is 16.3. The standard InChI is InChI=1S/C20H27N3O3S/c1-16(2)21(3)20(24)15-22-10-12-23(13-11-22)27(25,26)19-9-8-17-6-4-5-7-18(17)14-19/h4-9,14,16H,10-13,15H2,1-3H3. The summed E-state index contributed by atoms with van der Waals surface area (Å²) in [5.41, 5.74) is 0. The van der Waals surface area contributed by atoms with Gasteiger partial charge in [-0.25, -0.2) is 8.42 Å². The fraction of sp³-hybridized carbons (Fsp3) is 0.450. The predicted octanol–water partition coefficient (Wildman–Crippen LogP) is 2.01. The molecule has 0 atom stereocenters. The third kappa shape index (κ3) is 4.31. The van der Waals surface area contributed by atoms with E-state index >= 15 is 0 Å². The molecule has 1 saturated heterocycles. The summed E-state index contributed by atoms with van der Waals surface area (Å²) in [6, 6.07) is 13.1. The molecule has 1 amide bonds. The number of hydrogen-bond acceptors (Lipinski definition) is 4. The first-order valence-electron chi connectivity index (χ1n) is 9.26. The Balaban J connectivity index is 1.66. The molecule has 1 aliphatic heterocycles. The van der Waals surface area contributed by atoms with Gasteiger partial charge in [-0.3, -0.25) is 9.69 Å². The molecular formula is C20H27N3O3S. The van der Waals surface area contributed by atoms with E-state index in [4.69, 9.17) is 0 Å². The van der Waals surface area contributed by atoms with Gasteiger partial charge in [0.1, 0.15) is 0 Å². The van der Waals surface area contributed by atoms with Crippen LogP contribution in [-0.2, 0) is 14.8 Å². The van der Waals surface area contributed by atoms with Crippen LogP contribution in [0.4, 0.5) is 0 Å². The Bertz CT molecular complexity index is 919. The molecule has 1 aliphatic rings. The van der Waals surface area contributed by atoms with E-state index in [1.807, 2.05) is 49.1 Å². The minimum absolute atomic E-state index is 0.0656. The molecule has 27 heavy (non-hydrogen) atoms. The van der Waals surface area contributed by atoms with Gasteiger partial charge in [-0.1, -0.05) is 30.3 Å². The van der Waals surface area contributed by atoms with Crippen LogP contribution in [0.1, 0.15) is 13.8 Å². The van der Waals surface area contributed by atoms with E-state index in [1.54, 1.807) is 24.1 Å². The highest BCUT2D eigenvalue weighted by atomic mass is 32.2. The molecule has 7 heteroatoms. The minimum atomic E-state index is -3.52. The monoisotopic (exact) mass is 389 g/mol. The van der Waals surface area contributed by atoms with Crippen molar-refractivity contribution in [3.63, 3.8) is 0 Å². The molecule has 0 saturated carbocycles. The fourth-order valence-electron chi connectivity index (χ4n) is 3.20. The Morgan fingerprint density at radius 1 is 1.04 bits per heavy atom. The van der Waals surface area contributed by atoms with E-state index in [2.05, 4.69) is 0 Å². The quantitative estimate of drug-likeness (QED) is 0.785. The lowest BCUT2D eigenvalue weighted by Gasteiger charge is -2.34. The molecule has 146 valence electrons. The summed E-state index contributed by atoms with van der Waals surface area (Å²) in [5.74, 6) is 0.0656. The summed E-state index contributed by atoms with van der Waals surface area (Å²) in [6.07, 6.45) is 0. The summed E-state index contributed by atoms with van der Waals surface area (Å²) >= 11 is 0. The lowest BCUT2D eigenvalue weighted by Crippen LogP contribution is -2.51. The summed E-state index contributed by atoms with van der Waals surface area (Å²) < 4.78 is 27.5. The molecule has 2 aromatic carbocycles. The van der Waals surface area contributed by atoms with Crippen LogP contribution >= 0.6 is 0 Å². The number of sulfonamides is 1. The average molecular weight is 390 g/mol. The highest BCUT2D eigenvalue weighted by Gasteiger charge is 2.29. The number of likely N-dealkylation sites (N-methyl/N-ethyl adjacent to an activating group) is 1. The summed E-state index contributed by atoms with van der Waals surface area (Å²) in [6.45, 7) is 6.20. The molecule has 1 heterocycles. The van der Waals surface area contributed by atoms with Crippen molar-refractivity contribution >= 4 is 26.7 Å². The number of nitrogens with zero attached hydrogens (tertiary/aromatic N) is 3. The molecule has 1 fully saturated rings. The highest BCUT2D eigenvalue weighted by Crippen LogP contribution is 2.22. The van der Waals surface area contributed by atoms with Gasteiger partial charge in [0.05, 0.1) is 11.4 Å². The number of carbonyl (C=O) groups excluding carboxylic acids is 1. The van der Waals surface area contributed by atoms with E-state index in [1.165, 1.54) is 4.31 Å². The lowest BCUT2D eigenvalue weighted by atomic mass is 10.1. The fourth-order valence-corrected chi connectivity index (χ4v) is 4.65. The van der Waals surface area contributed by atoms with Crippen LogP contribution in [0.25, 0.3) is 10.8 Å².